The Morgan fingerprint density at radius 3 is 2.75 bits per heavy atom. The van der Waals surface area contributed by atoms with Crippen LogP contribution in [0.5, 0.6) is 0 Å². The van der Waals surface area contributed by atoms with Crippen molar-refractivity contribution in [3.63, 3.8) is 0 Å². The van der Waals surface area contributed by atoms with Gasteiger partial charge in [-0.2, -0.15) is 8.78 Å². The van der Waals surface area contributed by atoms with Crippen LogP contribution in [-0.4, -0.2) is 65.7 Å². The second-order valence-corrected chi connectivity index (χ2v) is 6.27. The smallest absolute Gasteiger partial charge is 0.410 e. The number of rotatable bonds is 11. The van der Waals surface area contributed by atoms with E-state index >= 15 is 0 Å². The first-order chi connectivity index (χ1) is 13.3. The predicted octanol–water partition coefficient (Wildman–Crippen LogP) is 2.40. The first-order valence-corrected chi connectivity index (χ1v) is 8.85. The molecular weight excluding hydrogens is 376 g/mol. The van der Waals surface area contributed by atoms with Gasteiger partial charge in [-0.05, 0) is 6.42 Å². The van der Waals surface area contributed by atoms with Gasteiger partial charge in [0.05, 0.1) is 12.6 Å². The van der Waals surface area contributed by atoms with Crippen molar-refractivity contribution in [2.45, 2.75) is 30.9 Å². The lowest BCUT2D eigenvalue weighted by atomic mass is 10.0. The summed E-state index contributed by atoms with van der Waals surface area (Å²) in [5.41, 5.74) is -0.308. The Bertz CT molecular complexity index is 682. The first-order valence-electron chi connectivity index (χ1n) is 8.85. The molecule has 2 rings (SSSR count). The molecule has 0 aliphatic carbocycles. The summed E-state index contributed by atoms with van der Waals surface area (Å²) in [7, 11) is 0. The number of ether oxygens (including phenoxy) is 2. The molecule has 0 radical (unpaired) electrons. The quantitative estimate of drug-likeness (QED) is 0.438. The van der Waals surface area contributed by atoms with Gasteiger partial charge in [0.25, 0.3) is 0 Å². The molecule has 1 amide bonds. The molecule has 7 nitrogen and oxygen atoms in total. The van der Waals surface area contributed by atoms with Gasteiger partial charge in [-0.15, -0.1) is 0 Å². The van der Waals surface area contributed by atoms with E-state index < -0.39 is 30.1 Å². The Labute approximate surface area is 161 Å². The third-order valence-corrected chi connectivity index (χ3v) is 4.21. The molecule has 2 atom stereocenters. The van der Waals surface area contributed by atoms with Crippen LogP contribution >= 0.6 is 0 Å². The molecule has 0 saturated carbocycles. The van der Waals surface area contributed by atoms with Crippen LogP contribution in [-0.2, 0) is 20.2 Å². The molecule has 1 saturated heterocycles. The number of aliphatic hydroxyl groups excluding tert-OH is 1. The van der Waals surface area contributed by atoms with Gasteiger partial charge >= 0.3 is 18.0 Å². The Morgan fingerprint density at radius 2 is 2.07 bits per heavy atom. The van der Waals surface area contributed by atoms with E-state index in [1.165, 1.54) is 35.2 Å². The number of cyclic esters (lactones) is 1. The summed E-state index contributed by atoms with van der Waals surface area (Å²) in [6, 6.07) is 6.38. The number of aliphatic carboxylic acids is 1. The number of hydrogen-bond donors (Lipinski definition) is 2. The van der Waals surface area contributed by atoms with E-state index in [0.29, 0.717) is 6.42 Å². The highest BCUT2D eigenvalue weighted by Gasteiger charge is 2.39. The molecule has 0 spiro atoms. The van der Waals surface area contributed by atoms with Crippen molar-refractivity contribution in [3.8, 4) is 0 Å². The van der Waals surface area contributed by atoms with Crippen LogP contribution in [0.25, 0.3) is 0 Å². The van der Waals surface area contributed by atoms with Crippen LogP contribution in [0.2, 0.25) is 0 Å². The van der Waals surface area contributed by atoms with Crippen LogP contribution < -0.4 is 0 Å². The van der Waals surface area contributed by atoms with Crippen molar-refractivity contribution in [2.75, 3.05) is 26.4 Å². The summed E-state index contributed by atoms with van der Waals surface area (Å²) in [5.74, 6) is -4.39. The lowest BCUT2D eigenvalue weighted by molar-refractivity contribution is -0.137. The zero-order chi connectivity index (χ0) is 20.6. The van der Waals surface area contributed by atoms with Crippen LogP contribution in [0.15, 0.2) is 42.5 Å². The van der Waals surface area contributed by atoms with Crippen molar-refractivity contribution >= 4 is 12.1 Å². The Kier molecular flexibility index (Phi) is 7.89. The lowest BCUT2D eigenvalue weighted by Gasteiger charge is -2.22. The standard InChI is InChI=1S/C19H23F2NO6/c20-19(21,14-5-2-1-3-6-14)16(23)9-8-15-13-28-18(26)22(15)10-12-27-11-4-7-17(24)25/h1-3,5-6,8-9,15-16,23H,4,7,10-13H2,(H,24,25)/b9-8+. The van der Waals surface area contributed by atoms with Crippen LogP contribution in [0.3, 0.4) is 0 Å². The van der Waals surface area contributed by atoms with E-state index in [2.05, 4.69) is 0 Å². The molecule has 1 aliphatic rings. The molecule has 0 aromatic heterocycles. The van der Waals surface area contributed by atoms with Crippen LogP contribution in [0.1, 0.15) is 18.4 Å². The highest BCUT2D eigenvalue weighted by molar-refractivity contribution is 5.70. The Balaban J connectivity index is 1.87. The minimum absolute atomic E-state index is 0.00929. The fourth-order valence-electron chi connectivity index (χ4n) is 2.66. The number of hydrogen-bond acceptors (Lipinski definition) is 5. The molecule has 9 heteroatoms. The summed E-state index contributed by atoms with van der Waals surface area (Å²) in [6.07, 6.45) is -0.0427. The molecule has 28 heavy (non-hydrogen) atoms. The molecule has 1 heterocycles. The van der Waals surface area contributed by atoms with Crippen molar-refractivity contribution in [3.05, 3.63) is 48.0 Å². The molecule has 1 fully saturated rings. The molecule has 1 aromatic rings. The topological polar surface area (TPSA) is 96.3 Å². The fourth-order valence-corrected chi connectivity index (χ4v) is 2.66. The van der Waals surface area contributed by atoms with Crippen molar-refractivity contribution in [1.29, 1.82) is 0 Å². The van der Waals surface area contributed by atoms with E-state index in [1.54, 1.807) is 6.07 Å². The molecule has 154 valence electrons. The minimum atomic E-state index is -3.47. The second-order valence-electron chi connectivity index (χ2n) is 6.27. The van der Waals surface area contributed by atoms with Crippen molar-refractivity contribution < 1.29 is 38.1 Å². The maximum absolute atomic E-state index is 14.3. The first kappa shape index (κ1) is 21.8. The van der Waals surface area contributed by atoms with Gasteiger partial charge in [-0.1, -0.05) is 42.5 Å². The zero-order valence-electron chi connectivity index (χ0n) is 15.2. The molecule has 1 aliphatic heterocycles. The normalized spacial score (nSPS) is 18.5. The number of carbonyl (C=O) groups excluding carboxylic acids is 1. The number of halogens is 2. The monoisotopic (exact) mass is 399 g/mol. The average Bonchev–Trinajstić information content (AvgIpc) is 3.02. The van der Waals surface area contributed by atoms with Gasteiger partial charge in [0.2, 0.25) is 0 Å². The van der Waals surface area contributed by atoms with E-state index in [4.69, 9.17) is 14.6 Å². The number of amides is 1. The van der Waals surface area contributed by atoms with E-state index in [0.717, 1.165) is 6.08 Å². The fraction of sp³-hybridized carbons (Fsp3) is 0.474. The van der Waals surface area contributed by atoms with Gasteiger partial charge in [-0.3, -0.25) is 9.69 Å². The van der Waals surface area contributed by atoms with E-state index in [-0.39, 0.29) is 38.3 Å². The van der Waals surface area contributed by atoms with E-state index in [9.17, 15) is 23.5 Å². The second kappa shape index (κ2) is 10.1. The third kappa shape index (κ3) is 6.00. The van der Waals surface area contributed by atoms with Crippen molar-refractivity contribution in [2.24, 2.45) is 0 Å². The maximum Gasteiger partial charge on any atom is 0.410 e. The van der Waals surface area contributed by atoms with Gasteiger partial charge < -0.3 is 19.7 Å². The summed E-state index contributed by atoms with van der Waals surface area (Å²) in [5, 5.41) is 18.4. The molecule has 2 N–H and O–H groups in total. The maximum atomic E-state index is 14.3. The highest BCUT2D eigenvalue weighted by Crippen LogP contribution is 2.32. The highest BCUT2D eigenvalue weighted by atomic mass is 19.3. The van der Waals surface area contributed by atoms with Crippen molar-refractivity contribution in [1.82, 2.24) is 4.90 Å². The zero-order valence-corrected chi connectivity index (χ0v) is 15.2. The number of alkyl halides is 2. The van der Waals surface area contributed by atoms with Crippen LogP contribution in [0.4, 0.5) is 13.6 Å². The predicted molar refractivity (Wildman–Crippen MR) is 95.0 cm³/mol. The van der Waals surface area contributed by atoms with E-state index in [1.807, 2.05) is 0 Å². The molecule has 1 aromatic carbocycles. The number of carbonyl (C=O) groups is 2. The van der Waals surface area contributed by atoms with Gasteiger partial charge in [0.15, 0.2) is 0 Å². The summed E-state index contributed by atoms with van der Waals surface area (Å²) >= 11 is 0. The molecule has 2 unspecified atom stereocenters. The number of nitrogens with zero attached hydrogens (tertiary/aromatic N) is 1. The Hall–Kier alpha value is -2.52. The summed E-state index contributed by atoms with van der Waals surface area (Å²) < 4.78 is 38.8. The van der Waals surface area contributed by atoms with Crippen LogP contribution in [0, 0.1) is 0 Å². The average molecular weight is 399 g/mol. The third-order valence-electron chi connectivity index (χ3n) is 4.21. The number of carboxylic acids is 1. The number of aliphatic hydroxyl groups is 1. The largest absolute Gasteiger partial charge is 0.481 e. The van der Waals surface area contributed by atoms with Gasteiger partial charge in [-0.25, -0.2) is 4.79 Å². The summed E-state index contributed by atoms with van der Waals surface area (Å²) in [6.45, 7) is 0.531. The van der Waals surface area contributed by atoms with Gasteiger partial charge in [0.1, 0.15) is 12.7 Å². The SMILES string of the molecule is O=C(O)CCCOCCN1C(=O)OCC1/C=C/C(O)C(F)(F)c1ccccc1. The minimum Gasteiger partial charge on any atom is -0.481 e. The number of carboxylic acid groups (broad SMARTS) is 1. The summed E-state index contributed by atoms with van der Waals surface area (Å²) in [4.78, 5) is 23.5. The number of benzene rings is 1. The molecular formula is C19H23F2NO6. The lowest BCUT2D eigenvalue weighted by Crippen LogP contribution is -2.36. The van der Waals surface area contributed by atoms with Gasteiger partial charge in [0, 0.05) is 25.1 Å². The molecule has 0 bridgehead atoms. The Morgan fingerprint density at radius 1 is 1.36 bits per heavy atom.